The summed E-state index contributed by atoms with van der Waals surface area (Å²) in [6.45, 7) is 3.13. The summed E-state index contributed by atoms with van der Waals surface area (Å²) in [4.78, 5) is 21.9. The molecule has 0 fully saturated rings. The van der Waals surface area contributed by atoms with Crippen molar-refractivity contribution in [3.63, 3.8) is 0 Å². The van der Waals surface area contributed by atoms with E-state index in [4.69, 9.17) is 10.9 Å². The molecule has 0 aliphatic rings. The molecule has 0 saturated heterocycles. The number of hydrogen-bond acceptors (Lipinski definition) is 3. The largest absolute Gasteiger partial charge is 0.478 e. The fourth-order valence-corrected chi connectivity index (χ4v) is 0.943. The molecule has 0 atom stereocenters. The lowest BCUT2D eigenvalue weighted by molar-refractivity contribution is -0.134. The van der Waals surface area contributed by atoms with Crippen LogP contribution < -0.4 is 10.9 Å². The molecule has 1 amide bonds. The zero-order chi connectivity index (χ0) is 11.4. The summed E-state index contributed by atoms with van der Waals surface area (Å²) in [6, 6.07) is 8.31. The van der Waals surface area contributed by atoms with Crippen molar-refractivity contribution < 1.29 is 14.7 Å². The highest BCUT2D eigenvalue weighted by molar-refractivity contribution is 6.20. The number of aliphatic carboxylic acids is 1. The Kier molecular flexibility index (Phi) is 3.20. The lowest BCUT2D eigenvalue weighted by Crippen LogP contribution is -2.39. The molecule has 1 rings (SSSR count). The number of anilines is 1. The Morgan fingerprint density at radius 3 is 2.27 bits per heavy atom. The van der Waals surface area contributed by atoms with E-state index in [1.165, 1.54) is 0 Å². The summed E-state index contributed by atoms with van der Waals surface area (Å²) >= 11 is 0. The molecule has 0 aliphatic heterocycles. The number of carboxylic acid groups (broad SMARTS) is 1. The van der Waals surface area contributed by atoms with E-state index in [1.807, 2.05) is 0 Å². The summed E-state index contributed by atoms with van der Waals surface area (Å²) in [6.07, 6.45) is 0. The molecule has 0 spiro atoms. The summed E-state index contributed by atoms with van der Waals surface area (Å²) < 4.78 is 0. The Morgan fingerprint density at radius 2 is 1.80 bits per heavy atom. The zero-order valence-corrected chi connectivity index (χ0v) is 7.88. The Hall–Kier alpha value is -2.14. The molecular weight excluding hydrogens is 196 g/mol. The van der Waals surface area contributed by atoms with Crippen molar-refractivity contribution in [2.24, 2.45) is 5.84 Å². The predicted octanol–water partition coefficient (Wildman–Crippen LogP) is 0.534. The Balaban J connectivity index is 2.87. The predicted molar refractivity (Wildman–Crippen MR) is 54.9 cm³/mol. The fraction of sp³-hybridized carbons (Fsp3) is 0. The lowest BCUT2D eigenvalue weighted by atomic mass is 10.2. The van der Waals surface area contributed by atoms with Gasteiger partial charge in [-0.15, -0.1) is 0 Å². The van der Waals surface area contributed by atoms with Gasteiger partial charge in [-0.1, -0.05) is 24.8 Å². The maximum atomic E-state index is 11.4. The molecule has 15 heavy (non-hydrogen) atoms. The van der Waals surface area contributed by atoms with E-state index in [2.05, 4.69) is 6.58 Å². The van der Waals surface area contributed by atoms with Crippen molar-refractivity contribution >= 4 is 17.6 Å². The summed E-state index contributed by atoms with van der Waals surface area (Å²) in [7, 11) is 0. The SMILES string of the molecule is C=C(C(=O)O)C(=O)N(N)c1ccccc1. The normalized spacial score (nSPS) is 9.40. The fourth-order valence-electron chi connectivity index (χ4n) is 0.943. The minimum atomic E-state index is -1.38. The van der Waals surface area contributed by atoms with E-state index < -0.39 is 17.4 Å². The van der Waals surface area contributed by atoms with Crippen LogP contribution in [-0.2, 0) is 9.59 Å². The van der Waals surface area contributed by atoms with Crippen LogP contribution in [0.1, 0.15) is 0 Å². The van der Waals surface area contributed by atoms with E-state index in [0.29, 0.717) is 5.69 Å². The van der Waals surface area contributed by atoms with Gasteiger partial charge >= 0.3 is 5.97 Å². The summed E-state index contributed by atoms with van der Waals surface area (Å²) in [5.41, 5.74) is -0.161. The van der Waals surface area contributed by atoms with Crippen molar-refractivity contribution in [1.82, 2.24) is 0 Å². The number of para-hydroxylation sites is 1. The van der Waals surface area contributed by atoms with Crippen molar-refractivity contribution in [3.8, 4) is 0 Å². The molecule has 0 saturated carbocycles. The van der Waals surface area contributed by atoms with Crippen LogP contribution in [0.2, 0.25) is 0 Å². The number of rotatable bonds is 3. The molecule has 78 valence electrons. The maximum Gasteiger partial charge on any atom is 0.340 e. The monoisotopic (exact) mass is 206 g/mol. The number of benzene rings is 1. The number of hydrogen-bond donors (Lipinski definition) is 2. The Morgan fingerprint density at radius 1 is 1.27 bits per heavy atom. The number of carbonyl (C=O) groups is 2. The molecule has 0 radical (unpaired) electrons. The number of carbonyl (C=O) groups excluding carboxylic acids is 1. The summed E-state index contributed by atoms with van der Waals surface area (Å²) in [5.74, 6) is 3.21. The summed E-state index contributed by atoms with van der Waals surface area (Å²) in [5, 5.41) is 9.29. The van der Waals surface area contributed by atoms with E-state index in [9.17, 15) is 9.59 Å². The number of hydrazine groups is 1. The molecule has 1 aromatic carbocycles. The van der Waals surface area contributed by atoms with Crippen molar-refractivity contribution in [3.05, 3.63) is 42.5 Å². The van der Waals surface area contributed by atoms with Gasteiger partial charge in [-0.25, -0.2) is 15.6 Å². The topological polar surface area (TPSA) is 83.6 Å². The number of nitrogens with two attached hydrogens (primary N) is 1. The Labute approximate surface area is 86.4 Å². The quantitative estimate of drug-likeness (QED) is 0.189. The van der Waals surface area contributed by atoms with E-state index in [1.54, 1.807) is 30.3 Å². The molecule has 3 N–H and O–H groups in total. The molecule has 0 bridgehead atoms. The van der Waals surface area contributed by atoms with Gasteiger partial charge < -0.3 is 5.11 Å². The van der Waals surface area contributed by atoms with Gasteiger partial charge in [0.25, 0.3) is 5.91 Å². The van der Waals surface area contributed by atoms with Crippen molar-refractivity contribution in [2.45, 2.75) is 0 Å². The first-order chi connectivity index (χ1) is 7.04. The minimum Gasteiger partial charge on any atom is -0.478 e. The van der Waals surface area contributed by atoms with Crippen LogP contribution in [0.5, 0.6) is 0 Å². The van der Waals surface area contributed by atoms with Gasteiger partial charge in [-0.3, -0.25) is 4.79 Å². The van der Waals surface area contributed by atoms with Crippen molar-refractivity contribution in [1.29, 1.82) is 0 Å². The van der Waals surface area contributed by atoms with Gasteiger partial charge in [0.15, 0.2) is 0 Å². The van der Waals surface area contributed by atoms with Crippen LogP contribution in [0.25, 0.3) is 0 Å². The van der Waals surface area contributed by atoms with Crippen LogP contribution in [0.4, 0.5) is 5.69 Å². The molecule has 0 aromatic heterocycles. The highest BCUT2D eigenvalue weighted by Crippen LogP contribution is 2.11. The highest BCUT2D eigenvalue weighted by Gasteiger charge is 2.20. The molecule has 0 heterocycles. The first-order valence-electron chi connectivity index (χ1n) is 4.10. The molecule has 0 aliphatic carbocycles. The van der Waals surface area contributed by atoms with Crippen molar-refractivity contribution in [2.75, 3.05) is 5.01 Å². The zero-order valence-electron chi connectivity index (χ0n) is 7.88. The van der Waals surface area contributed by atoms with Crippen LogP contribution in [-0.4, -0.2) is 17.0 Å². The highest BCUT2D eigenvalue weighted by atomic mass is 16.4. The first kappa shape index (κ1) is 10.9. The molecule has 0 unspecified atom stereocenters. The third kappa shape index (κ3) is 2.41. The Bertz CT molecular complexity index is 400. The third-order valence-corrected chi connectivity index (χ3v) is 1.77. The van der Waals surface area contributed by atoms with Crippen LogP contribution in [0, 0.1) is 0 Å². The van der Waals surface area contributed by atoms with Crippen LogP contribution in [0.3, 0.4) is 0 Å². The van der Waals surface area contributed by atoms with E-state index in [-0.39, 0.29) is 0 Å². The lowest BCUT2D eigenvalue weighted by Gasteiger charge is -2.15. The molecule has 5 nitrogen and oxygen atoms in total. The smallest absolute Gasteiger partial charge is 0.340 e. The third-order valence-electron chi connectivity index (χ3n) is 1.77. The molecule has 1 aromatic rings. The van der Waals surface area contributed by atoms with Crippen LogP contribution >= 0.6 is 0 Å². The molecular formula is C10H10N2O3. The number of amides is 1. The van der Waals surface area contributed by atoms with Gasteiger partial charge in [0, 0.05) is 0 Å². The maximum absolute atomic E-state index is 11.4. The van der Waals surface area contributed by atoms with E-state index >= 15 is 0 Å². The number of nitrogens with zero attached hydrogens (tertiary/aromatic N) is 1. The first-order valence-corrected chi connectivity index (χ1v) is 4.10. The van der Waals surface area contributed by atoms with Gasteiger partial charge in [0.2, 0.25) is 0 Å². The van der Waals surface area contributed by atoms with Gasteiger partial charge in [-0.2, -0.15) is 0 Å². The number of carboxylic acids is 1. The van der Waals surface area contributed by atoms with Crippen LogP contribution in [0.15, 0.2) is 42.5 Å². The molecule has 5 heteroatoms. The van der Waals surface area contributed by atoms with Gasteiger partial charge in [-0.05, 0) is 12.1 Å². The van der Waals surface area contributed by atoms with Gasteiger partial charge in [0.05, 0.1) is 5.69 Å². The second-order valence-electron chi connectivity index (χ2n) is 2.79. The second kappa shape index (κ2) is 4.39. The average molecular weight is 206 g/mol. The van der Waals surface area contributed by atoms with E-state index in [0.717, 1.165) is 5.01 Å². The van der Waals surface area contributed by atoms with Gasteiger partial charge in [0.1, 0.15) is 5.57 Å². The average Bonchev–Trinajstić information content (AvgIpc) is 2.27. The standard InChI is InChI=1S/C10H10N2O3/c1-7(10(14)15)9(13)12(11)8-5-3-2-4-6-8/h2-6H,1,11H2,(H,14,15). The minimum absolute atomic E-state index is 0.407. The second-order valence-corrected chi connectivity index (χ2v) is 2.79.